The second-order valence-corrected chi connectivity index (χ2v) is 7.76. The molecule has 0 aromatic carbocycles. The van der Waals surface area contributed by atoms with Gasteiger partial charge in [-0.05, 0) is 76.3 Å². The van der Waals surface area contributed by atoms with Crippen molar-refractivity contribution in [3.63, 3.8) is 0 Å². The molecule has 1 rings (SSSR count). The van der Waals surface area contributed by atoms with Crippen LogP contribution in [0.5, 0.6) is 0 Å². The first-order valence-electron chi connectivity index (χ1n) is 11.0. The van der Waals surface area contributed by atoms with Crippen LogP contribution in [0, 0.1) is 0 Å². The SMILES string of the molecule is CCCCN(CCCC)Cc1ccc(C(/C=N/NC(=S)NCC)=N/NC(=S)NCC)o1. The number of hydrazone groups is 2. The molecule has 1 aromatic rings. The van der Waals surface area contributed by atoms with Gasteiger partial charge in [0, 0.05) is 13.1 Å². The molecule has 0 bridgehead atoms. The molecule has 0 aliphatic rings. The maximum Gasteiger partial charge on any atom is 0.186 e. The van der Waals surface area contributed by atoms with E-state index in [1.54, 1.807) is 6.21 Å². The Morgan fingerprint density at radius 2 is 1.58 bits per heavy atom. The van der Waals surface area contributed by atoms with Crippen molar-refractivity contribution in [2.45, 2.75) is 59.9 Å². The van der Waals surface area contributed by atoms with Gasteiger partial charge in [0.05, 0.1) is 12.8 Å². The fraction of sp³-hybridized carbons (Fsp3) is 0.619. The molecule has 0 aliphatic carbocycles. The highest BCUT2D eigenvalue weighted by Gasteiger charge is 2.12. The van der Waals surface area contributed by atoms with Gasteiger partial charge in [0.25, 0.3) is 0 Å². The summed E-state index contributed by atoms with van der Waals surface area (Å²) < 4.78 is 6.09. The van der Waals surface area contributed by atoms with Crippen LogP contribution in [0.15, 0.2) is 26.8 Å². The third-order valence-electron chi connectivity index (χ3n) is 4.25. The summed E-state index contributed by atoms with van der Waals surface area (Å²) in [6.45, 7) is 12.7. The minimum atomic E-state index is 0.432. The minimum Gasteiger partial charge on any atom is -0.458 e. The Balaban J connectivity index is 2.92. The Hall–Kier alpha value is -2.04. The summed E-state index contributed by atoms with van der Waals surface area (Å²) in [5, 5.41) is 15.4. The predicted octanol–water partition coefficient (Wildman–Crippen LogP) is 3.34. The summed E-state index contributed by atoms with van der Waals surface area (Å²) in [5.74, 6) is 1.50. The van der Waals surface area contributed by atoms with E-state index >= 15 is 0 Å². The van der Waals surface area contributed by atoms with Gasteiger partial charge < -0.3 is 15.1 Å². The van der Waals surface area contributed by atoms with Gasteiger partial charge in [-0.25, -0.2) is 0 Å². The highest BCUT2D eigenvalue weighted by Crippen LogP contribution is 2.13. The van der Waals surface area contributed by atoms with Crippen molar-refractivity contribution in [2.24, 2.45) is 10.2 Å². The number of unbranched alkanes of at least 4 members (excludes halogenated alkanes) is 2. The second-order valence-electron chi connectivity index (χ2n) is 6.95. The highest BCUT2D eigenvalue weighted by molar-refractivity contribution is 7.80. The molecule has 0 saturated carbocycles. The predicted molar refractivity (Wildman–Crippen MR) is 138 cm³/mol. The highest BCUT2D eigenvalue weighted by atomic mass is 32.1. The summed E-state index contributed by atoms with van der Waals surface area (Å²) in [4.78, 5) is 2.44. The van der Waals surface area contributed by atoms with Gasteiger partial charge in [-0.3, -0.25) is 15.8 Å². The topological polar surface area (TPSA) is 89.2 Å². The number of nitrogens with zero attached hydrogens (tertiary/aromatic N) is 3. The lowest BCUT2D eigenvalue weighted by molar-refractivity contribution is 0.236. The smallest absolute Gasteiger partial charge is 0.186 e. The zero-order valence-electron chi connectivity index (χ0n) is 19.2. The van der Waals surface area contributed by atoms with Crippen molar-refractivity contribution in [3.8, 4) is 0 Å². The Bertz CT molecular complexity index is 710. The average Bonchev–Trinajstić information content (AvgIpc) is 3.21. The van der Waals surface area contributed by atoms with Gasteiger partial charge in [-0.1, -0.05) is 26.7 Å². The fourth-order valence-corrected chi connectivity index (χ4v) is 3.05. The molecule has 0 aliphatic heterocycles. The summed E-state index contributed by atoms with van der Waals surface area (Å²) in [6.07, 6.45) is 6.27. The summed E-state index contributed by atoms with van der Waals surface area (Å²) >= 11 is 10.3. The molecule has 0 saturated heterocycles. The van der Waals surface area contributed by atoms with E-state index in [-0.39, 0.29) is 0 Å². The third kappa shape index (κ3) is 11.8. The van der Waals surface area contributed by atoms with Crippen molar-refractivity contribution in [3.05, 3.63) is 23.7 Å². The lowest BCUT2D eigenvalue weighted by Gasteiger charge is -2.20. The Morgan fingerprint density at radius 1 is 0.968 bits per heavy atom. The molecule has 1 aromatic heterocycles. The fourth-order valence-electron chi connectivity index (χ4n) is 2.67. The standard InChI is InChI=1S/C21H37N7OS2/c1-5-9-13-28(14-10-6-2)16-17-11-12-19(29-17)18(25-27-21(31)23-8-4)15-24-26-20(30)22-7-3/h11-12,15H,5-10,13-14,16H2,1-4H3,(H2,22,26,30)(H2,23,27,31)/b24-15+,25-18+. The minimum absolute atomic E-state index is 0.432. The van der Waals surface area contributed by atoms with E-state index in [1.165, 1.54) is 25.7 Å². The van der Waals surface area contributed by atoms with Crippen LogP contribution in [0.2, 0.25) is 0 Å². The van der Waals surface area contributed by atoms with Crippen LogP contribution in [0.25, 0.3) is 0 Å². The first-order valence-corrected chi connectivity index (χ1v) is 11.8. The molecule has 0 amide bonds. The van der Waals surface area contributed by atoms with E-state index < -0.39 is 0 Å². The zero-order chi connectivity index (χ0) is 22.9. The zero-order valence-corrected chi connectivity index (χ0v) is 20.8. The van der Waals surface area contributed by atoms with Crippen LogP contribution in [-0.2, 0) is 6.54 Å². The number of hydrogen-bond acceptors (Lipinski definition) is 6. The van der Waals surface area contributed by atoms with Crippen molar-refractivity contribution >= 4 is 46.6 Å². The lowest BCUT2D eigenvalue weighted by atomic mass is 10.2. The van der Waals surface area contributed by atoms with Crippen LogP contribution < -0.4 is 21.5 Å². The molecule has 31 heavy (non-hydrogen) atoms. The quantitative estimate of drug-likeness (QED) is 0.188. The average molecular weight is 468 g/mol. The number of rotatable bonds is 14. The van der Waals surface area contributed by atoms with Gasteiger partial charge in [0.15, 0.2) is 16.0 Å². The Kier molecular flexibility index (Phi) is 14.5. The molecular formula is C21H37N7OS2. The first-order chi connectivity index (χ1) is 15.0. The summed E-state index contributed by atoms with van der Waals surface area (Å²) in [5.41, 5.74) is 6.09. The summed E-state index contributed by atoms with van der Waals surface area (Å²) in [7, 11) is 0. The summed E-state index contributed by atoms with van der Waals surface area (Å²) in [6, 6.07) is 3.89. The van der Waals surface area contributed by atoms with Crippen molar-refractivity contribution in [2.75, 3.05) is 26.2 Å². The lowest BCUT2D eigenvalue weighted by Crippen LogP contribution is -2.33. The molecule has 0 radical (unpaired) electrons. The van der Waals surface area contributed by atoms with Gasteiger partial charge >= 0.3 is 0 Å². The molecule has 174 valence electrons. The van der Waals surface area contributed by atoms with Crippen LogP contribution in [0.3, 0.4) is 0 Å². The van der Waals surface area contributed by atoms with E-state index in [1.807, 2.05) is 26.0 Å². The van der Waals surface area contributed by atoms with Gasteiger partial charge in [0.2, 0.25) is 0 Å². The van der Waals surface area contributed by atoms with Crippen LogP contribution in [0.4, 0.5) is 0 Å². The molecule has 0 unspecified atom stereocenters. The monoisotopic (exact) mass is 467 g/mol. The number of thiocarbonyl (C=S) groups is 2. The van der Waals surface area contributed by atoms with E-state index in [4.69, 9.17) is 28.9 Å². The second kappa shape index (κ2) is 16.6. The Labute approximate surface area is 197 Å². The van der Waals surface area contributed by atoms with Gasteiger partial charge in [0.1, 0.15) is 11.5 Å². The van der Waals surface area contributed by atoms with Crippen molar-refractivity contribution in [1.29, 1.82) is 0 Å². The van der Waals surface area contributed by atoms with E-state index in [9.17, 15) is 0 Å². The van der Waals surface area contributed by atoms with E-state index in [2.05, 4.69) is 50.4 Å². The normalized spacial score (nSPS) is 11.7. The van der Waals surface area contributed by atoms with Gasteiger partial charge in [-0.2, -0.15) is 10.2 Å². The molecule has 1 heterocycles. The number of hydrogen-bond donors (Lipinski definition) is 4. The largest absolute Gasteiger partial charge is 0.458 e. The number of nitrogens with one attached hydrogen (secondary N) is 4. The molecule has 0 atom stereocenters. The maximum atomic E-state index is 6.09. The van der Waals surface area contributed by atoms with Crippen LogP contribution in [0.1, 0.15) is 64.9 Å². The third-order valence-corrected chi connectivity index (χ3v) is 4.73. The molecular weight excluding hydrogens is 430 g/mol. The van der Waals surface area contributed by atoms with Gasteiger partial charge in [-0.15, -0.1) is 0 Å². The van der Waals surface area contributed by atoms with E-state index in [0.717, 1.165) is 31.9 Å². The number of furan rings is 1. The van der Waals surface area contributed by atoms with Crippen molar-refractivity contribution in [1.82, 2.24) is 26.4 Å². The first kappa shape index (κ1) is 27.0. The van der Waals surface area contributed by atoms with Crippen molar-refractivity contribution < 1.29 is 4.42 Å². The molecule has 8 nitrogen and oxygen atoms in total. The molecule has 10 heteroatoms. The van der Waals surface area contributed by atoms with E-state index in [0.29, 0.717) is 28.2 Å². The molecule has 0 fully saturated rings. The molecule has 0 spiro atoms. The van der Waals surface area contributed by atoms with Crippen LogP contribution in [-0.4, -0.2) is 53.2 Å². The van der Waals surface area contributed by atoms with Crippen LogP contribution >= 0.6 is 24.4 Å². The molecule has 4 N–H and O–H groups in total. The Morgan fingerprint density at radius 3 is 2.16 bits per heavy atom. The maximum absolute atomic E-state index is 6.09.